The molecule has 0 bridgehead atoms. The lowest BCUT2D eigenvalue weighted by Crippen LogP contribution is -2.41. The van der Waals surface area contributed by atoms with Crippen molar-refractivity contribution in [2.75, 3.05) is 6.54 Å². The predicted molar refractivity (Wildman–Crippen MR) is 160 cm³/mol. The third kappa shape index (κ3) is 18.0. The van der Waals surface area contributed by atoms with Crippen LogP contribution in [0.4, 0.5) is 0 Å². The topological polar surface area (TPSA) is 12.0 Å². The van der Waals surface area contributed by atoms with Crippen LogP contribution in [0, 0.1) is 40.4 Å². The molecule has 0 amide bonds. The number of hydrogen-bond acceptors (Lipinski definition) is 1. The lowest BCUT2D eigenvalue weighted by Gasteiger charge is -2.34. The van der Waals surface area contributed by atoms with E-state index in [0.717, 1.165) is 29.6 Å². The Bertz CT molecular complexity index is 502. The summed E-state index contributed by atoms with van der Waals surface area (Å²) in [5, 5.41) is 3.71. The Kier molecular flexibility index (Phi) is 14.5. The molecule has 210 valence electrons. The molecule has 0 aromatic heterocycles. The lowest BCUT2D eigenvalue weighted by atomic mass is 9.74. The molecule has 0 heterocycles. The van der Waals surface area contributed by atoms with Gasteiger partial charge in [-0.1, -0.05) is 100 Å². The van der Waals surface area contributed by atoms with Crippen LogP contribution in [0.15, 0.2) is 0 Å². The van der Waals surface area contributed by atoms with Crippen molar-refractivity contribution >= 4 is 0 Å². The maximum Gasteiger partial charge on any atom is 0.00966 e. The molecule has 2 aliphatic carbocycles. The Morgan fingerprint density at radius 2 is 1.11 bits per heavy atom. The van der Waals surface area contributed by atoms with Gasteiger partial charge in [-0.05, 0) is 113 Å². The summed E-state index contributed by atoms with van der Waals surface area (Å²) in [4.78, 5) is 0. The van der Waals surface area contributed by atoms with E-state index in [1.807, 2.05) is 0 Å². The van der Waals surface area contributed by atoms with Gasteiger partial charge >= 0.3 is 0 Å². The summed E-state index contributed by atoms with van der Waals surface area (Å²) in [5.74, 6) is 4.85. The van der Waals surface area contributed by atoms with Gasteiger partial charge in [0.25, 0.3) is 0 Å². The summed E-state index contributed by atoms with van der Waals surface area (Å²) in [6.07, 6.45) is 20.5. The summed E-state index contributed by atoms with van der Waals surface area (Å²) < 4.78 is 0. The molecular weight excluding hydrogens is 422 g/mol. The summed E-state index contributed by atoms with van der Waals surface area (Å²) in [5.41, 5.74) is 1.33. The SMILES string of the molecule is CC(C)(C)CCC1CCCC(CCC(C)(C)C)C1.CC(C)CCC1CCCCC1CNC(C)(C)C. The lowest BCUT2D eigenvalue weighted by molar-refractivity contribution is 0.195. The molecule has 4 unspecified atom stereocenters. The highest BCUT2D eigenvalue weighted by molar-refractivity contribution is 4.81. The molecule has 2 rings (SSSR count). The van der Waals surface area contributed by atoms with Gasteiger partial charge in [0.15, 0.2) is 0 Å². The Morgan fingerprint density at radius 3 is 1.54 bits per heavy atom. The zero-order valence-electron chi connectivity index (χ0n) is 26.5. The quantitative estimate of drug-likeness (QED) is 0.338. The first kappa shape index (κ1) is 33.0. The van der Waals surface area contributed by atoms with Crippen molar-refractivity contribution in [2.45, 2.75) is 172 Å². The second-order valence-electron chi connectivity index (χ2n) is 16.5. The predicted octanol–water partition coefficient (Wildman–Crippen LogP) is 11.1. The Hall–Kier alpha value is -0.0400. The molecule has 2 fully saturated rings. The third-order valence-electron chi connectivity index (χ3n) is 8.57. The van der Waals surface area contributed by atoms with Gasteiger partial charge in [-0.2, -0.15) is 0 Å². The highest BCUT2D eigenvalue weighted by atomic mass is 14.9. The smallest absolute Gasteiger partial charge is 0.00966 e. The second kappa shape index (κ2) is 15.4. The molecule has 1 N–H and O–H groups in total. The van der Waals surface area contributed by atoms with Crippen molar-refractivity contribution in [1.82, 2.24) is 5.32 Å². The van der Waals surface area contributed by atoms with E-state index in [-0.39, 0.29) is 5.54 Å². The molecule has 35 heavy (non-hydrogen) atoms. The van der Waals surface area contributed by atoms with Crippen molar-refractivity contribution < 1.29 is 0 Å². The minimum Gasteiger partial charge on any atom is -0.312 e. The first-order valence-corrected chi connectivity index (χ1v) is 15.8. The van der Waals surface area contributed by atoms with Gasteiger partial charge in [0.05, 0.1) is 0 Å². The van der Waals surface area contributed by atoms with Crippen LogP contribution in [0.3, 0.4) is 0 Å². The van der Waals surface area contributed by atoms with Crippen LogP contribution in [-0.4, -0.2) is 12.1 Å². The maximum atomic E-state index is 3.71. The zero-order chi connectivity index (χ0) is 26.7. The summed E-state index contributed by atoms with van der Waals surface area (Å²) in [7, 11) is 0. The van der Waals surface area contributed by atoms with Crippen LogP contribution in [-0.2, 0) is 0 Å². The van der Waals surface area contributed by atoms with Crippen molar-refractivity contribution in [3.63, 3.8) is 0 Å². The first-order valence-electron chi connectivity index (χ1n) is 15.8. The molecule has 2 aliphatic rings. The molecular formula is C34H69N. The van der Waals surface area contributed by atoms with Crippen molar-refractivity contribution in [2.24, 2.45) is 40.4 Å². The van der Waals surface area contributed by atoms with Crippen molar-refractivity contribution in [1.29, 1.82) is 0 Å². The van der Waals surface area contributed by atoms with Crippen LogP contribution in [0.2, 0.25) is 0 Å². The fourth-order valence-corrected chi connectivity index (χ4v) is 6.12. The number of hydrogen-bond donors (Lipinski definition) is 1. The van der Waals surface area contributed by atoms with E-state index in [2.05, 4.69) is 81.5 Å². The number of rotatable bonds is 9. The van der Waals surface area contributed by atoms with E-state index in [4.69, 9.17) is 0 Å². The molecule has 2 saturated carbocycles. The molecule has 0 saturated heterocycles. The molecule has 1 heteroatoms. The molecule has 0 spiro atoms. The van der Waals surface area contributed by atoms with E-state index < -0.39 is 0 Å². The van der Waals surface area contributed by atoms with Crippen LogP contribution >= 0.6 is 0 Å². The van der Waals surface area contributed by atoms with Crippen molar-refractivity contribution in [3.05, 3.63) is 0 Å². The minimum absolute atomic E-state index is 0.278. The van der Waals surface area contributed by atoms with E-state index in [9.17, 15) is 0 Å². The van der Waals surface area contributed by atoms with Gasteiger partial charge in [0.2, 0.25) is 0 Å². The van der Waals surface area contributed by atoms with Crippen molar-refractivity contribution in [3.8, 4) is 0 Å². The Morgan fingerprint density at radius 1 is 0.629 bits per heavy atom. The van der Waals surface area contributed by atoms with Gasteiger partial charge in [0, 0.05) is 5.54 Å². The molecule has 0 aromatic rings. The van der Waals surface area contributed by atoms with Gasteiger partial charge in [-0.25, -0.2) is 0 Å². The highest BCUT2D eigenvalue weighted by Gasteiger charge is 2.26. The second-order valence-corrected chi connectivity index (χ2v) is 16.5. The van der Waals surface area contributed by atoms with E-state index >= 15 is 0 Å². The molecule has 0 radical (unpaired) electrons. The van der Waals surface area contributed by atoms with Gasteiger partial charge in [0.1, 0.15) is 0 Å². The molecule has 1 nitrogen and oxygen atoms in total. The average Bonchev–Trinajstić information content (AvgIpc) is 2.73. The fourth-order valence-electron chi connectivity index (χ4n) is 6.12. The highest BCUT2D eigenvalue weighted by Crippen LogP contribution is 2.38. The normalized spacial score (nSPS) is 26.4. The van der Waals surface area contributed by atoms with Gasteiger partial charge in [-0.3, -0.25) is 0 Å². The zero-order valence-corrected chi connectivity index (χ0v) is 26.5. The Balaban J connectivity index is 0.000000351. The third-order valence-corrected chi connectivity index (χ3v) is 8.57. The summed E-state index contributed by atoms with van der Waals surface area (Å²) in [6.45, 7) is 27.1. The number of nitrogens with one attached hydrogen (secondary N) is 1. The average molecular weight is 492 g/mol. The van der Waals surface area contributed by atoms with E-state index in [0.29, 0.717) is 10.8 Å². The van der Waals surface area contributed by atoms with Gasteiger partial charge < -0.3 is 5.32 Å². The standard InChI is InChI=1S/C18H36.C16H33N/c1-17(2,3)12-10-15-8-7-9-16(14-15)11-13-18(4,5)6;1-13(2)10-11-14-8-6-7-9-15(14)12-17-16(3,4)5/h15-16H,7-14H2,1-6H3;13-15,17H,6-12H2,1-5H3. The molecule has 0 aliphatic heterocycles. The molecule has 4 atom stereocenters. The Labute approximate surface area is 223 Å². The van der Waals surface area contributed by atoms with E-state index in [1.165, 1.54) is 96.4 Å². The summed E-state index contributed by atoms with van der Waals surface area (Å²) in [6, 6.07) is 0. The van der Waals surface area contributed by atoms with Crippen LogP contribution in [0.1, 0.15) is 166 Å². The van der Waals surface area contributed by atoms with Crippen LogP contribution in [0.5, 0.6) is 0 Å². The fraction of sp³-hybridized carbons (Fsp3) is 1.00. The van der Waals surface area contributed by atoms with Crippen LogP contribution < -0.4 is 5.32 Å². The maximum absolute atomic E-state index is 3.71. The van der Waals surface area contributed by atoms with Crippen LogP contribution in [0.25, 0.3) is 0 Å². The summed E-state index contributed by atoms with van der Waals surface area (Å²) >= 11 is 0. The molecule has 0 aromatic carbocycles. The monoisotopic (exact) mass is 492 g/mol. The van der Waals surface area contributed by atoms with E-state index in [1.54, 1.807) is 0 Å². The first-order chi connectivity index (χ1) is 16.0. The van der Waals surface area contributed by atoms with Gasteiger partial charge in [-0.15, -0.1) is 0 Å². The largest absolute Gasteiger partial charge is 0.312 e. The minimum atomic E-state index is 0.278.